The topological polar surface area (TPSA) is 104 Å². The quantitative estimate of drug-likeness (QED) is 0.589. The summed E-state index contributed by atoms with van der Waals surface area (Å²) in [5, 5.41) is 15.1. The fourth-order valence-corrected chi connectivity index (χ4v) is 4.54. The number of carboxylic acid groups (broad SMARTS) is 1. The number of aliphatic imine (C=N–C) groups is 1. The van der Waals surface area contributed by atoms with Crippen LogP contribution in [0.25, 0.3) is 0 Å². The molecule has 168 valence electrons. The number of hydrogen-bond acceptors (Lipinski definition) is 8. The van der Waals surface area contributed by atoms with E-state index in [0.717, 1.165) is 6.07 Å². The lowest BCUT2D eigenvalue weighted by atomic mass is 9.94. The average Bonchev–Trinajstić information content (AvgIpc) is 3.25. The number of hydrogen-bond donors (Lipinski definition) is 2. The van der Waals surface area contributed by atoms with Gasteiger partial charge in [0.05, 0.1) is 12.2 Å². The number of esters is 1. The van der Waals surface area contributed by atoms with Crippen LogP contribution in [0, 0.1) is 5.82 Å². The van der Waals surface area contributed by atoms with Crippen LogP contribution in [0.2, 0.25) is 5.02 Å². The second-order valence-corrected chi connectivity index (χ2v) is 8.54. The van der Waals surface area contributed by atoms with Gasteiger partial charge < -0.3 is 15.2 Å². The maximum absolute atomic E-state index is 13.7. The monoisotopic (exact) mass is 478 g/mol. The van der Waals surface area contributed by atoms with Gasteiger partial charge in [-0.05, 0) is 25.5 Å². The van der Waals surface area contributed by atoms with Gasteiger partial charge in [-0.15, -0.1) is 11.3 Å². The highest BCUT2D eigenvalue weighted by Gasteiger charge is 2.39. The van der Waals surface area contributed by atoms with Gasteiger partial charge in [0, 0.05) is 40.9 Å². The lowest BCUT2D eigenvalue weighted by Crippen LogP contribution is -2.54. The molecule has 2 aliphatic rings. The van der Waals surface area contributed by atoms with Gasteiger partial charge in [-0.25, -0.2) is 14.2 Å². The predicted molar refractivity (Wildman–Crippen MR) is 117 cm³/mol. The van der Waals surface area contributed by atoms with Crippen molar-refractivity contribution < 1.29 is 23.8 Å². The molecule has 1 saturated heterocycles. The number of rotatable bonds is 7. The van der Waals surface area contributed by atoms with Gasteiger partial charge in [-0.3, -0.25) is 14.7 Å². The summed E-state index contributed by atoms with van der Waals surface area (Å²) in [6.45, 7) is 2.58. The third kappa shape index (κ3) is 4.38. The standard InChI is InChI=1S/C21H20ClFN4O4S/c1-2-31-21(30)16-14(10-27-7-5-15(27)20(28)29)25-18(19-24-6-8-32-19)26-17(16)12-4-3-11(23)9-13(12)22/h3-4,6,8-9,15,17H,2,5,7,10H2,1H3,(H,25,26)(H,28,29). The van der Waals surface area contributed by atoms with Gasteiger partial charge >= 0.3 is 11.9 Å². The first-order valence-corrected chi connectivity index (χ1v) is 11.2. The molecule has 8 nitrogen and oxygen atoms in total. The van der Waals surface area contributed by atoms with Crippen LogP contribution in [0.3, 0.4) is 0 Å². The summed E-state index contributed by atoms with van der Waals surface area (Å²) in [5.74, 6) is -1.61. The van der Waals surface area contributed by atoms with Crippen molar-refractivity contribution in [3.05, 3.63) is 62.5 Å². The smallest absolute Gasteiger partial charge is 0.338 e. The Kier molecular flexibility index (Phi) is 6.54. The summed E-state index contributed by atoms with van der Waals surface area (Å²) in [5.41, 5.74) is 1.10. The maximum Gasteiger partial charge on any atom is 0.338 e. The van der Waals surface area contributed by atoms with Crippen molar-refractivity contribution in [3.8, 4) is 0 Å². The number of carbonyl (C=O) groups excluding carboxylic acids is 1. The second-order valence-electron chi connectivity index (χ2n) is 7.23. The van der Waals surface area contributed by atoms with Gasteiger partial charge in [0.25, 0.3) is 0 Å². The first kappa shape index (κ1) is 22.4. The van der Waals surface area contributed by atoms with Crippen molar-refractivity contribution in [1.29, 1.82) is 0 Å². The zero-order chi connectivity index (χ0) is 22.8. The Balaban J connectivity index is 1.82. The zero-order valence-corrected chi connectivity index (χ0v) is 18.6. The van der Waals surface area contributed by atoms with E-state index in [1.807, 2.05) is 0 Å². The highest BCUT2D eigenvalue weighted by Crippen LogP contribution is 2.37. The Hall–Kier alpha value is -2.82. The van der Waals surface area contributed by atoms with Crippen LogP contribution in [-0.4, -0.2) is 58.5 Å². The van der Waals surface area contributed by atoms with E-state index in [9.17, 15) is 19.1 Å². The lowest BCUT2D eigenvalue weighted by Gasteiger charge is -2.39. The van der Waals surface area contributed by atoms with Crippen molar-refractivity contribution in [1.82, 2.24) is 15.2 Å². The molecule has 0 bridgehead atoms. The van der Waals surface area contributed by atoms with E-state index in [1.165, 1.54) is 23.5 Å². The highest BCUT2D eigenvalue weighted by molar-refractivity contribution is 7.11. The van der Waals surface area contributed by atoms with E-state index in [4.69, 9.17) is 16.3 Å². The minimum atomic E-state index is -0.919. The summed E-state index contributed by atoms with van der Waals surface area (Å²) < 4.78 is 19.0. The number of amidine groups is 1. The molecule has 1 aromatic carbocycles. The molecular weight excluding hydrogens is 459 g/mol. The van der Waals surface area contributed by atoms with Crippen molar-refractivity contribution in [2.45, 2.75) is 25.4 Å². The molecule has 0 aliphatic carbocycles. The summed E-state index contributed by atoms with van der Waals surface area (Å²) in [7, 11) is 0. The molecule has 0 saturated carbocycles. The third-order valence-electron chi connectivity index (χ3n) is 5.29. The van der Waals surface area contributed by atoms with Crippen LogP contribution in [-0.2, 0) is 14.3 Å². The summed E-state index contributed by atoms with van der Waals surface area (Å²) in [6.07, 6.45) is 2.15. The number of carbonyl (C=O) groups is 2. The van der Waals surface area contributed by atoms with E-state index in [1.54, 1.807) is 23.4 Å². The van der Waals surface area contributed by atoms with Crippen LogP contribution >= 0.6 is 22.9 Å². The number of benzene rings is 1. The molecule has 32 heavy (non-hydrogen) atoms. The Bertz CT molecular complexity index is 1110. The number of aliphatic carboxylic acids is 1. The van der Waals surface area contributed by atoms with Gasteiger partial charge in [-0.1, -0.05) is 17.7 Å². The largest absolute Gasteiger partial charge is 0.480 e. The average molecular weight is 479 g/mol. The Morgan fingerprint density at radius 1 is 1.44 bits per heavy atom. The number of aromatic nitrogens is 1. The molecule has 2 aromatic rings. The maximum atomic E-state index is 13.7. The summed E-state index contributed by atoms with van der Waals surface area (Å²) in [6, 6.07) is 2.39. The van der Waals surface area contributed by atoms with Crippen molar-refractivity contribution in [2.75, 3.05) is 19.7 Å². The molecule has 2 unspecified atom stereocenters. The van der Waals surface area contributed by atoms with Crippen molar-refractivity contribution >= 4 is 40.7 Å². The number of nitrogens with zero attached hydrogens (tertiary/aromatic N) is 3. The molecule has 0 spiro atoms. The first-order valence-electron chi connectivity index (χ1n) is 9.95. The minimum absolute atomic E-state index is 0.118. The SMILES string of the molecule is CCOC(=O)C1=C(CN2CCC2C(=O)O)NC(c2nccs2)=NC1c1ccc(F)cc1Cl. The Labute approximate surface area is 192 Å². The Morgan fingerprint density at radius 3 is 2.84 bits per heavy atom. The molecule has 1 aromatic heterocycles. The lowest BCUT2D eigenvalue weighted by molar-refractivity contribution is -0.147. The van der Waals surface area contributed by atoms with Gasteiger partial charge in [0.2, 0.25) is 0 Å². The normalized spacial score (nSPS) is 20.9. The van der Waals surface area contributed by atoms with Crippen molar-refractivity contribution in [3.63, 3.8) is 0 Å². The summed E-state index contributed by atoms with van der Waals surface area (Å²) >= 11 is 7.69. The number of likely N-dealkylation sites (tertiary alicyclic amines) is 1. The van der Waals surface area contributed by atoms with Gasteiger partial charge in [0.1, 0.15) is 17.9 Å². The molecule has 0 radical (unpaired) electrons. The molecule has 11 heteroatoms. The molecule has 2 aliphatic heterocycles. The number of carboxylic acids is 1. The van der Waals surface area contributed by atoms with Crippen LogP contribution in [0.15, 0.2) is 46.0 Å². The molecule has 1 fully saturated rings. The van der Waals surface area contributed by atoms with E-state index in [0.29, 0.717) is 35.1 Å². The zero-order valence-electron chi connectivity index (χ0n) is 17.0. The van der Waals surface area contributed by atoms with Gasteiger partial charge in [0.15, 0.2) is 10.8 Å². The van der Waals surface area contributed by atoms with E-state index < -0.39 is 29.8 Å². The highest BCUT2D eigenvalue weighted by atomic mass is 35.5. The van der Waals surface area contributed by atoms with Crippen LogP contribution in [0.1, 0.15) is 30.0 Å². The molecule has 4 rings (SSSR count). The van der Waals surface area contributed by atoms with Crippen LogP contribution < -0.4 is 5.32 Å². The molecule has 2 atom stereocenters. The fraction of sp³-hybridized carbons (Fsp3) is 0.333. The number of halogens is 2. The molecule has 3 heterocycles. The molecular formula is C21H20ClFN4O4S. The van der Waals surface area contributed by atoms with Gasteiger partial charge in [-0.2, -0.15) is 0 Å². The first-order chi connectivity index (χ1) is 15.4. The Morgan fingerprint density at radius 2 is 2.25 bits per heavy atom. The fourth-order valence-electron chi connectivity index (χ4n) is 3.68. The predicted octanol–water partition coefficient (Wildman–Crippen LogP) is 3.00. The number of ether oxygens (including phenoxy) is 1. The minimum Gasteiger partial charge on any atom is -0.480 e. The number of nitrogens with one attached hydrogen (secondary N) is 1. The van der Waals surface area contributed by atoms with E-state index in [2.05, 4.69) is 15.3 Å². The third-order valence-corrected chi connectivity index (χ3v) is 6.40. The van der Waals surface area contributed by atoms with Crippen molar-refractivity contribution in [2.24, 2.45) is 4.99 Å². The van der Waals surface area contributed by atoms with Crippen LogP contribution in [0.5, 0.6) is 0 Å². The number of thiazole rings is 1. The second kappa shape index (κ2) is 9.35. The van der Waals surface area contributed by atoms with E-state index >= 15 is 0 Å². The molecule has 2 N–H and O–H groups in total. The van der Waals surface area contributed by atoms with E-state index in [-0.39, 0.29) is 23.7 Å². The molecule has 0 amide bonds. The summed E-state index contributed by atoms with van der Waals surface area (Å²) in [4.78, 5) is 35.2. The van der Waals surface area contributed by atoms with Crippen LogP contribution in [0.4, 0.5) is 4.39 Å².